The van der Waals surface area contributed by atoms with Crippen molar-refractivity contribution >= 4 is 54.1 Å². The van der Waals surface area contributed by atoms with Gasteiger partial charge in [0.25, 0.3) is 0 Å². The lowest BCUT2D eigenvalue weighted by molar-refractivity contribution is 1.18. The van der Waals surface area contributed by atoms with Gasteiger partial charge < -0.3 is 4.57 Å². The standard InChI is InChI=1S/C54H33N/c1-3-17-41-37(13-1)39-15-5-7-19-43(39)50-31-34(25-28-45(41)50)35-26-29-46-42-18-4-2-14-38(42)40-16-6-8-20-44(40)52-33-36(27-30-47(52)51(46)32-35)55-53-23-11-9-21-48(53)49-22-10-12-24-54(49)55/h1-33H. The molecular formula is C54H33N. The summed E-state index contributed by atoms with van der Waals surface area (Å²) in [6.45, 7) is 0. The van der Waals surface area contributed by atoms with E-state index in [1.54, 1.807) is 0 Å². The second kappa shape index (κ2) is 11.6. The van der Waals surface area contributed by atoms with Gasteiger partial charge in [-0.1, -0.05) is 164 Å². The van der Waals surface area contributed by atoms with Crippen LogP contribution in [0.25, 0.3) is 115 Å². The maximum Gasteiger partial charge on any atom is 0.0541 e. The van der Waals surface area contributed by atoms with E-state index in [-0.39, 0.29) is 0 Å². The van der Waals surface area contributed by atoms with E-state index in [1.807, 2.05) is 0 Å². The minimum absolute atomic E-state index is 1.16. The number of nitrogens with zero attached hydrogens (tertiary/aromatic N) is 1. The molecule has 254 valence electrons. The Kier molecular flexibility index (Phi) is 6.40. The quantitative estimate of drug-likeness (QED) is 0.159. The van der Waals surface area contributed by atoms with E-state index in [1.165, 1.54) is 110 Å². The van der Waals surface area contributed by atoms with E-state index < -0.39 is 0 Å². The molecule has 0 unspecified atom stereocenters. The summed E-state index contributed by atoms with van der Waals surface area (Å²) in [7, 11) is 0. The van der Waals surface area contributed by atoms with Gasteiger partial charge in [0.2, 0.25) is 0 Å². The first-order valence-electron chi connectivity index (χ1n) is 19.1. The van der Waals surface area contributed by atoms with Crippen molar-refractivity contribution in [3.8, 4) is 61.3 Å². The molecule has 0 saturated carbocycles. The molecule has 1 aliphatic carbocycles. The van der Waals surface area contributed by atoms with Gasteiger partial charge in [-0.05, 0) is 124 Å². The van der Waals surface area contributed by atoms with Crippen LogP contribution in [0.1, 0.15) is 0 Å². The summed E-state index contributed by atoms with van der Waals surface area (Å²) in [5.41, 5.74) is 16.0. The van der Waals surface area contributed by atoms with Gasteiger partial charge in [0.15, 0.2) is 0 Å². The van der Waals surface area contributed by atoms with Gasteiger partial charge in [-0.2, -0.15) is 0 Å². The van der Waals surface area contributed by atoms with Crippen molar-refractivity contribution in [3.63, 3.8) is 0 Å². The molecule has 55 heavy (non-hydrogen) atoms. The first-order valence-corrected chi connectivity index (χ1v) is 19.1. The lowest BCUT2D eigenvalue weighted by atomic mass is 9.80. The Labute approximate surface area is 319 Å². The summed E-state index contributed by atoms with van der Waals surface area (Å²) >= 11 is 0. The molecule has 0 N–H and O–H groups in total. The molecule has 1 aliphatic rings. The smallest absolute Gasteiger partial charge is 0.0541 e. The van der Waals surface area contributed by atoms with Crippen LogP contribution >= 0.6 is 0 Å². The van der Waals surface area contributed by atoms with Gasteiger partial charge in [-0.25, -0.2) is 0 Å². The van der Waals surface area contributed by atoms with Crippen LogP contribution in [0.4, 0.5) is 0 Å². The molecule has 1 heteroatoms. The Bertz CT molecular complexity index is 3290. The molecule has 0 atom stereocenters. The molecular weight excluding hydrogens is 663 g/mol. The molecule has 1 nitrogen and oxygen atoms in total. The highest BCUT2D eigenvalue weighted by molar-refractivity contribution is 6.25. The number of hydrogen-bond donors (Lipinski definition) is 0. The fraction of sp³-hybridized carbons (Fsp3) is 0. The third-order valence-electron chi connectivity index (χ3n) is 12.0. The average molecular weight is 696 g/mol. The summed E-state index contributed by atoms with van der Waals surface area (Å²) in [5.74, 6) is 0. The molecule has 0 bridgehead atoms. The van der Waals surface area contributed by atoms with Crippen molar-refractivity contribution in [2.75, 3.05) is 0 Å². The Morgan fingerprint density at radius 3 is 1.16 bits per heavy atom. The number of fused-ring (bicyclic) bond motifs is 17. The molecule has 11 aromatic rings. The number of aromatic nitrogens is 1. The Balaban J connectivity index is 1.13. The van der Waals surface area contributed by atoms with E-state index in [4.69, 9.17) is 0 Å². The van der Waals surface area contributed by atoms with Crippen molar-refractivity contribution < 1.29 is 0 Å². The summed E-state index contributed by atoms with van der Waals surface area (Å²) in [5, 5.41) is 10.3. The largest absolute Gasteiger partial charge is 0.309 e. The van der Waals surface area contributed by atoms with Gasteiger partial charge in [0.05, 0.1) is 11.0 Å². The van der Waals surface area contributed by atoms with Crippen LogP contribution in [0.2, 0.25) is 0 Å². The molecule has 0 radical (unpaired) electrons. The van der Waals surface area contributed by atoms with Crippen LogP contribution in [0.3, 0.4) is 0 Å². The summed E-state index contributed by atoms with van der Waals surface area (Å²) in [6.07, 6.45) is 0. The summed E-state index contributed by atoms with van der Waals surface area (Å²) < 4.78 is 2.43. The van der Waals surface area contributed by atoms with Crippen LogP contribution in [0, 0.1) is 0 Å². The zero-order valence-corrected chi connectivity index (χ0v) is 30.0. The third-order valence-corrected chi connectivity index (χ3v) is 12.0. The summed E-state index contributed by atoms with van der Waals surface area (Å²) in [6, 6.07) is 74.3. The number of hydrogen-bond acceptors (Lipinski definition) is 0. The predicted molar refractivity (Wildman–Crippen MR) is 234 cm³/mol. The highest BCUT2D eigenvalue weighted by Gasteiger charge is 2.24. The SMILES string of the molecule is c1ccc2c(c1)-c1ccccc1-c1cc(-n3c4ccccc4c4ccccc43)ccc1-c1cc(-c3ccc4c5ccccc5c5ccccc5c4c3)ccc1-2. The van der Waals surface area contributed by atoms with E-state index >= 15 is 0 Å². The van der Waals surface area contributed by atoms with Crippen molar-refractivity contribution in [2.45, 2.75) is 0 Å². The Hall–Kier alpha value is -7.22. The van der Waals surface area contributed by atoms with Crippen molar-refractivity contribution in [3.05, 3.63) is 200 Å². The van der Waals surface area contributed by atoms with Gasteiger partial charge in [0, 0.05) is 16.5 Å². The number of benzene rings is 10. The second-order valence-corrected chi connectivity index (χ2v) is 14.8. The molecule has 0 fully saturated rings. The van der Waals surface area contributed by atoms with Gasteiger partial charge >= 0.3 is 0 Å². The third kappa shape index (κ3) is 4.41. The van der Waals surface area contributed by atoms with Crippen LogP contribution in [-0.2, 0) is 0 Å². The van der Waals surface area contributed by atoms with E-state index in [0.29, 0.717) is 0 Å². The molecule has 12 rings (SSSR count). The lowest BCUT2D eigenvalue weighted by Crippen LogP contribution is -2.00. The lowest BCUT2D eigenvalue weighted by Gasteiger charge is -2.24. The average Bonchev–Trinajstić information content (AvgIpc) is 3.60. The molecule has 0 saturated heterocycles. The Morgan fingerprint density at radius 2 is 0.582 bits per heavy atom. The van der Waals surface area contributed by atoms with Crippen LogP contribution < -0.4 is 0 Å². The highest BCUT2D eigenvalue weighted by atomic mass is 15.0. The van der Waals surface area contributed by atoms with Gasteiger partial charge in [-0.3, -0.25) is 0 Å². The molecule has 0 amide bonds. The van der Waals surface area contributed by atoms with Crippen molar-refractivity contribution in [1.29, 1.82) is 0 Å². The molecule has 1 heterocycles. The monoisotopic (exact) mass is 695 g/mol. The minimum atomic E-state index is 1.16. The van der Waals surface area contributed by atoms with Gasteiger partial charge in [0.1, 0.15) is 0 Å². The fourth-order valence-corrected chi connectivity index (χ4v) is 9.50. The maximum absolute atomic E-state index is 2.43. The molecule has 10 aromatic carbocycles. The molecule has 0 spiro atoms. The Morgan fingerprint density at radius 1 is 0.218 bits per heavy atom. The predicted octanol–water partition coefficient (Wildman–Crippen LogP) is 14.9. The summed E-state index contributed by atoms with van der Waals surface area (Å²) in [4.78, 5) is 0. The topological polar surface area (TPSA) is 4.93 Å². The van der Waals surface area contributed by atoms with Gasteiger partial charge in [-0.15, -0.1) is 0 Å². The molecule has 0 aliphatic heterocycles. The van der Waals surface area contributed by atoms with Crippen molar-refractivity contribution in [1.82, 2.24) is 4.57 Å². The van der Waals surface area contributed by atoms with Crippen LogP contribution in [0.5, 0.6) is 0 Å². The van der Waals surface area contributed by atoms with Crippen LogP contribution in [0.15, 0.2) is 200 Å². The number of para-hydroxylation sites is 2. The zero-order chi connectivity index (χ0) is 36.0. The fourth-order valence-electron chi connectivity index (χ4n) is 9.50. The highest BCUT2D eigenvalue weighted by Crippen LogP contribution is 2.49. The molecule has 1 aromatic heterocycles. The first-order chi connectivity index (χ1) is 27.3. The maximum atomic E-state index is 2.43. The van der Waals surface area contributed by atoms with E-state index in [0.717, 1.165) is 5.69 Å². The normalized spacial score (nSPS) is 12.0. The van der Waals surface area contributed by atoms with E-state index in [9.17, 15) is 0 Å². The first kappa shape index (κ1) is 30.3. The zero-order valence-electron chi connectivity index (χ0n) is 30.0. The second-order valence-electron chi connectivity index (χ2n) is 14.8. The minimum Gasteiger partial charge on any atom is -0.309 e. The van der Waals surface area contributed by atoms with Crippen LogP contribution in [-0.4, -0.2) is 4.57 Å². The number of rotatable bonds is 2. The van der Waals surface area contributed by atoms with Crippen molar-refractivity contribution in [2.24, 2.45) is 0 Å². The van der Waals surface area contributed by atoms with E-state index in [2.05, 4.69) is 205 Å².